The molecule has 1 rings (SSSR count). The van der Waals surface area contributed by atoms with E-state index in [1.54, 1.807) is 0 Å². The Morgan fingerprint density at radius 2 is 1.80 bits per heavy atom. The second kappa shape index (κ2) is 7.47. The lowest BCUT2D eigenvalue weighted by Gasteiger charge is -2.39. The van der Waals surface area contributed by atoms with Crippen molar-refractivity contribution in [1.29, 1.82) is 0 Å². The van der Waals surface area contributed by atoms with Crippen LogP contribution in [0.4, 0.5) is 0 Å². The zero-order chi connectivity index (χ0) is 15.2. The molecule has 0 heterocycles. The maximum atomic E-state index is 12.8. The first kappa shape index (κ1) is 17.5. The topological polar surface area (TPSA) is 26.3 Å². The summed E-state index contributed by atoms with van der Waals surface area (Å²) in [6.07, 6.45) is 9.71. The largest absolute Gasteiger partial charge is 0.459 e. The highest BCUT2D eigenvalue weighted by Gasteiger charge is 2.41. The molecule has 0 saturated heterocycles. The minimum Gasteiger partial charge on any atom is -0.459 e. The molecule has 0 bridgehead atoms. The maximum absolute atomic E-state index is 12.8. The summed E-state index contributed by atoms with van der Waals surface area (Å²) in [7, 11) is 0. The molecule has 1 aliphatic rings. The number of esters is 1. The molecule has 2 nitrogen and oxygen atoms in total. The summed E-state index contributed by atoms with van der Waals surface area (Å²) in [6, 6.07) is 0. The molecule has 2 heteroatoms. The summed E-state index contributed by atoms with van der Waals surface area (Å²) in [4.78, 5) is 12.8. The maximum Gasteiger partial charge on any atom is 0.312 e. The van der Waals surface area contributed by atoms with E-state index in [2.05, 4.69) is 34.6 Å². The zero-order valence-electron chi connectivity index (χ0n) is 14.3. The lowest BCUT2D eigenvalue weighted by atomic mass is 9.77. The first-order valence-corrected chi connectivity index (χ1v) is 8.65. The third kappa shape index (κ3) is 4.23. The van der Waals surface area contributed by atoms with Crippen LogP contribution in [0, 0.1) is 11.3 Å². The summed E-state index contributed by atoms with van der Waals surface area (Å²) in [5, 5.41) is 0. The van der Waals surface area contributed by atoms with Crippen molar-refractivity contribution < 1.29 is 9.53 Å². The lowest BCUT2D eigenvalue weighted by molar-refractivity contribution is -0.177. The molecule has 0 N–H and O–H groups in total. The smallest absolute Gasteiger partial charge is 0.312 e. The van der Waals surface area contributed by atoms with Crippen molar-refractivity contribution >= 4 is 5.97 Å². The van der Waals surface area contributed by atoms with E-state index in [1.807, 2.05) is 0 Å². The predicted octanol–water partition coefficient (Wildman–Crippen LogP) is 5.50. The fourth-order valence-electron chi connectivity index (χ4n) is 3.33. The third-order valence-corrected chi connectivity index (χ3v) is 5.49. The highest BCUT2D eigenvalue weighted by atomic mass is 16.6. The van der Waals surface area contributed by atoms with Gasteiger partial charge in [0.1, 0.15) is 5.60 Å². The Morgan fingerprint density at radius 1 is 1.20 bits per heavy atom. The second-order valence-corrected chi connectivity index (χ2v) is 7.12. The summed E-state index contributed by atoms with van der Waals surface area (Å²) < 4.78 is 6.09. The standard InChI is InChI=1S/C18H34O2/c1-6-15(4)14-17(5,7-2)16(19)20-18(8-3)12-10-9-11-13-18/h15H,6-14H2,1-5H3. The minimum absolute atomic E-state index is 0.0454. The molecule has 0 radical (unpaired) electrons. The first-order chi connectivity index (χ1) is 9.41. The number of carbonyl (C=O) groups is 1. The van der Waals surface area contributed by atoms with Crippen LogP contribution in [-0.4, -0.2) is 11.6 Å². The molecule has 20 heavy (non-hydrogen) atoms. The Labute approximate surface area is 125 Å². The number of ether oxygens (including phenoxy) is 1. The van der Waals surface area contributed by atoms with E-state index in [-0.39, 0.29) is 17.0 Å². The van der Waals surface area contributed by atoms with Gasteiger partial charge in [0.05, 0.1) is 5.41 Å². The summed E-state index contributed by atoms with van der Waals surface area (Å²) >= 11 is 0. The van der Waals surface area contributed by atoms with Gasteiger partial charge in [0.15, 0.2) is 0 Å². The van der Waals surface area contributed by atoms with Crippen LogP contribution in [0.15, 0.2) is 0 Å². The molecule has 1 saturated carbocycles. The SMILES string of the molecule is CCC(C)CC(C)(CC)C(=O)OC1(CC)CCCCC1. The van der Waals surface area contributed by atoms with Gasteiger partial charge in [-0.15, -0.1) is 0 Å². The molecule has 0 amide bonds. The zero-order valence-corrected chi connectivity index (χ0v) is 14.3. The number of carbonyl (C=O) groups excluding carboxylic acids is 1. The van der Waals surface area contributed by atoms with Crippen molar-refractivity contribution in [2.75, 3.05) is 0 Å². The lowest BCUT2D eigenvalue weighted by Crippen LogP contribution is -2.42. The van der Waals surface area contributed by atoms with Crippen LogP contribution < -0.4 is 0 Å². The van der Waals surface area contributed by atoms with E-state index in [0.717, 1.165) is 38.5 Å². The van der Waals surface area contributed by atoms with Crippen molar-refractivity contribution in [3.05, 3.63) is 0 Å². The third-order valence-electron chi connectivity index (χ3n) is 5.49. The van der Waals surface area contributed by atoms with Crippen molar-refractivity contribution in [3.63, 3.8) is 0 Å². The van der Waals surface area contributed by atoms with Gasteiger partial charge in [-0.3, -0.25) is 4.79 Å². The van der Waals surface area contributed by atoms with Crippen LogP contribution >= 0.6 is 0 Å². The fourth-order valence-corrected chi connectivity index (χ4v) is 3.33. The molecule has 0 spiro atoms. The molecule has 1 fully saturated rings. The number of hydrogen-bond donors (Lipinski definition) is 0. The van der Waals surface area contributed by atoms with Gasteiger partial charge in [0.2, 0.25) is 0 Å². The Hall–Kier alpha value is -0.530. The monoisotopic (exact) mass is 282 g/mol. The van der Waals surface area contributed by atoms with Gasteiger partial charge in [0, 0.05) is 0 Å². The average Bonchev–Trinajstić information content (AvgIpc) is 2.47. The molecule has 2 atom stereocenters. The molecular formula is C18H34O2. The van der Waals surface area contributed by atoms with Gasteiger partial charge >= 0.3 is 5.97 Å². The second-order valence-electron chi connectivity index (χ2n) is 7.12. The number of hydrogen-bond acceptors (Lipinski definition) is 2. The van der Waals surface area contributed by atoms with Gasteiger partial charge in [-0.2, -0.15) is 0 Å². The first-order valence-electron chi connectivity index (χ1n) is 8.65. The van der Waals surface area contributed by atoms with Crippen LogP contribution in [0.2, 0.25) is 0 Å². The molecular weight excluding hydrogens is 248 g/mol. The van der Waals surface area contributed by atoms with Gasteiger partial charge < -0.3 is 4.74 Å². The van der Waals surface area contributed by atoms with Gasteiger partial charge in [0.25, 0.3) is 0 Å². The molecule has 0 aromatic heterocycles. The molecule has 0 aromatic carbocycles. The van der Waals surface area contributed by atoms with E-state index in [1.165, 1.54) is 19.3 Å². The summed E-state index contributed by atoms with van der Waals surface area (Å²) in [6.45, 7) is 10.8. The quantitative estimate of drug-likeness (QED) is 0.577. The van der Waals surface area contributed by atoms with Crippen molar-refractivity contribution in [3.8, 4) is 0 Å². The molecule has 0 aliphatic heterocycles. The normalized spacial score (nSPS) is 22.9. The Bertz CT molecular complexity index is 305. The molecule has 0 aromatic rings. The molecule has 2 unspecified atom stereocenters. The highest BCUT2D eigenvalue weighted by Crippen LogP contribution is 2.39. The fraction of sp³-hybridized carbons (Fsp3) is 0.944. The van der Waals surface area contributed by atoms with E-state index in [9.17, 15) is 4.79 Å². The Morgan fingerprint density at radius 3 is 2.25 bits per heavy atom. The highest BCUT2D eigenvalue weighted by molar-refractivity contribution is 5.76. The van der Waals surface area contributed by atoms with Gasteiger partial charge in [-0.25, -0.2) is 0 Å². The van der Waals surface area contributed by atoms with Crippen molar-refractivity contribution in [2.24, 2.45) is 11.3 Å². The molecule has 1 aliphatic carbocycles. The van der Waals surface area contributed by atoms with E-state index in [4.69, 9.17) is 4.74 Å². The van der Waals surface area contributed by atoms with E-state index in [0.29, 0.717) is 5.92 Å². The van der Waals surface area contributed by atoms with Gasteiger partial charge in [-0.1, -0.05) is 40.5 Å². The number of rotatable bonds is 7. The van der Waals surface area contributed by atoms with Crippen LogP contribution in [0.1, 0.15) is 92.4 Å². The van der Waals surface area contributed by atoms with Crippen molar-refractivity contribution in [2.45, 2.75) is 98.0 Å². The summed E-state index contributed by atoms with van der Waals surface area (Å²) in [5.74, 6) is 0.625. The van der Waals surface area contributed by atoms with Crippen molar-refractivity contribution in [1.82, 2.24) is 0 Å². The van der Waals surface area contributed by atoms with E-state index >= 15 is 0 Å². The van der Waals surface area contributed by atoms with E-state index < -0.39 is 0 Å². The predicted molar refractivity (Wildman–Crippen MR) is 84.7 cm³/mol. The minimum atomic E-state index is -0.310. The summed E-state index contributed by atoms with van der Waals surface area (Å²) in [5.41, 5.74) is -0.476. The van der Waals surface area contributed by atoms with Crippen LogP contribution in [-0.2, 0) is 9.53 Å². The Kier molecular flexibility index (Phi) is 6.54. The van der Waals surface area contributed by atoms with Crippen LogP contribution in [0.25, 0.3) is 0 Å². The molecule has 118 valence electrons. The Balaban J connectivity index is 2.74. The van der Waals surface area contributed by atoms with Crippen LogP contribution in [0.3, 0.4) is 0 Å². The van der Waals surface area contributed by atoms with Gasteiger partial charge in [-0.05, 0) is 57.8 Å². The average molecular weight is 282 g/mol. The van der Waals surface area contributed by atoms with Crippen LogP contribution in [0.5, 0.6) is 0 Å².